The number of nitrogens with zero attached hydrogens (tertiary/aromatic N) is 1. The zero-order valence-electron chi connectivity index (χ0n) is 13.9. The quantitative estimate of drug-likeness (QED) is 0.492. The van der Waals surface area contributed by atoms with Crippen molar-refractivity contribution in [3.63, 3.8) is 0 Å². The molecule has 0 saturated heterocycles. The molecule has 1 aromatic heterocycles. The number of furan rings is 1. The van der Waals surface area contributed by atoms with Crippen LogP contribution < -0.4 is 10.6 Å². The normalized spacial score (nSPS) is 16.7. The number of methoxy groups -OCH3 is 1. The van der Waals surface area contributed by atoms with E-state index in [-0.39, 0.29) is 11.3 Å². The maximum Gasteiger partial charge on any atom is 0.338 e. The van der Waals surface area contributed by atoms with E-state index < -0.39 is 23.0 Å². The Morgan fingerprint density at radius 2 is 1.92 bits per heavy atom. The topological polar surface area (TPSA) is 124 Å². The second kappa shape index (κ2) is 6.71. The number of rotatable bonds is 4. The average Bonchev–Trinajstić information content (AvgIpc) is 3.10. The lowest BCUT2D eigenvalue weighted by atomic mass is 10.0. The lowest BCUT2D eigenvalue weighted by Crippen LogP contribution is -2.45. The van der Waals surface area contributed by atoms with Crippen LogP contribution in [0.25, 0.3) is 11.3 Å². The van der Waals surface area contributed by atoms with E-state index in [0.717, 1.165) is 0 Å². The van der Waals surface area contributed by atoms with Crippen LogP contribution in [-0.4, -0.2) is 24.0 Å². The van der Waals surface area contributed by atoms with Gasteiger partial charge in [-0.05, 0) is 31.2 Å². The molecule has 1 atom stereocenters. The van der Waals surface area contributed by atoms with Gasteiger partial charge in [-0.2, -0.15) is 0 Å². The predicted molar refractivity (Wildman–Crippen MR) is 89.9 cm³/mol. The summed E-state index contributed by atoms with van der Waals surface area (Å²) in [6.07, 6.45) is 0. The van der Waals surface area contributed by atoms with Gasteiger partial charge in [0, 0.05) is 23.4 Å². The van der Waals surface area contributed by atoms with Crippen LogP contribution in [0.3, 0.4) is 0 Å². The first-order valence-corrected chi connectivity index (χ1v) is 7.62. The summed E-state index contributed by atoms with van der Waals surface area (Å²) in [5, 5.41) is 15.9. The molecule has 0 fully saturated rings. The molecule has 1 aliphatic rings. The Morgan fingerprint density at radius 1 is 1.23 bits per heavy atom. The highest BCUT2D eigenvalue weighted by Gasteiger charge is 2.33. The fourth-order valence-corrected chi connectivity index (χ4v) is 2.70. The molecule has 0 aliphatic carbocycles. The van der Waals surface area contributed by atoms with Crippen molar-refractivity contribution in [2.75, 3.05) is 7.11 Å². The third-order valence-corrected chi connectivity index (χ3v) is 3.95. The number of benzene rings is 1. The van der Waals surface area contributed by atoms with Gasteiger partial charge in [-0.25, -0.2) is 9.59 Å². The van der Waals surface area contributed by atoms with E-state index in [4.69, 9.17) is 9.15 Å². The number of amides is 2. The van der Waals surface area contributed by atoms with Crippen LogP contribution in [0.2, 0.25) is 0 Å². The first kappa shape index (κ1) is 17.2. The molecule has 0 bridgehead atoms. The largest absolute Gasteiger partial charge is 0.466 e. The van der Waals surface area contributed by atoms with E-state index in [1.165, 1.54) is 19.2 Å². The monoisotopic (exact) mass is 357 g/mol. The molecule has 9 heteroatoms. The number of nitro benzene ring substituents is 1. The molecule has 3 rings (SSSR count). The van der Waals surface area contributed by atoms with Crippen molar-refractivity contribution in [3.8, 4) is 11.3 Å². The second-order valence-electron chi connectivity index (χ2n) is 5.57. The van der Waals surface area contributed by atoms with Gasteiger partial charge in [-0.15, -0.1) is 0 Å². The Kier molecular flexibility index (Phi) is 4.44. The Hall–Kier alpha value is -3.62. The minimum Gasteiger partial charge on any atom is -0.466 e. The number of carbonyl (C=O) groups is 2. The van der Waals surface area contributed by atoms with Crippen molar-refractivity contribution in [2.24, 2.45) is 0 Å². The maximum absolute atomic E-state index is 12.1. The third-order valence-electron chi connectivity index (χ3n) is 3.95. The number of urea groups is 1. The number of nitro groups is 1. The second-order valence-corrected chi connectivity index (χ2v) is 5.57. The zero-order chi connectivity index (χ0) is 18.8. The van der Waals surface area contributed by atoms with Crippen molar-refractivity contribution in [1.29, 1.82) is 0 Å². The van der Waals surface area contributed by atoms with E-state index >= 15 is 0 Å². The van der Waals surface area contributed by atoms with Gasteiger partial charge < -0.3 is 19.8 Å². The summed E-state index contributed by atoms with van der Waals surface area (Å²) in [7, 11) is 1.25. The van der Waals surface area contributed by atoms with Crippen LogP contribution in [0.4, 0.5) is 10.5 Å². The van der Waals surface area contributed by atoms with Crippen LogP contribution in [0, 0.1) is 10.1 Å². The molecule has 2 amide bonds. The lowest BCUT2D eigenvalue weighted by molar-refractivity contribution is -0.384. The van der Waals surface area contributed by atoms with Crippen LogP contribution in [-0.2, 0) is 9.53 Å². The number of ether oxygens (including phenoxy) is 1. The fourth-order valence-electron chi connectivity index (χ4n) is 2.70. The number of carbonyl (C=O) groups excluding carboxylic acids is 2. The number of nitrogens with one attached hydrogen (secondary N) is 2. The summed E-state index contributed by atoms with van der Waals surface area (Å²) < 4.78 is 10.6. The van der Waals surface area contributed by atoms with Crippen molar-refractivity contribution in [3.05, 3.63) is 63.5 Å². The summed E-state index contributed by atoms with van der Waals surface area (Å²) in [5.74, 6) is 0.200. The molecule has 0 spiro atoms. The van der Waals surface area contributed by atoms with Crippen molar-refractivity contribution in [2.45, 2.75) is 13.0 Å². The molecule has 1 aliphatic heterocycles. The van der Waals surface area contributed by atoms with E-state index in [1.54, 1.807) is 31.2 Å². The highest BCUT2D eigenvalue weighted by molar-refractivity contribution is 5.94. The van der Waals surface area contributed by atoms with Crippen LogP contribution in [0.5, 0.6) is 0 Å². The molecule has 0 saturated carbocycles. The number of allylic oxidation sites excluding steroid dienone is 1. The molecule has 0 radical (unpaired) electrons. The van der Waals surface area contributed by atoms with E-state index in [2.05, 4.69) is 10.6 Å². The number of esters is 1. The van der Waals surface area contributed by atoms with E-state index in [1.807, 2.05) is 0 Å². The summed E-state index contributed by atoms with van der Waals surface area (Å²) in [6, 6.07) is 7.88. The third kappa shape index (κ3) is 3.14. The Bertz CT molecular complexity index is 913. The summed E-state index contributed by atoms with van der Waals surface area (Å²) >= 11 is 0. The summed E-state index contributed by atoms with van der Waals surface area (Å²) in [4.78, 5) is 34.1. The predicted octanol–water partition coefficient (Wildman–Crippen LogP) is 2.66. The molecular weight excluding hydrogens is 342 g/mol. The molecule has 26 heavy (non-hydrogen) atoms. The van der Waals surface area contributed by atoms with Gasteiger partial charge in [0.25, 0.3) is 5.69 Å². The van der Waals surface area contributed by atoms with Gasteiger partial charge in [-0.3, -0.25) is 10.1 Å². The van der Waals surface area contributed by atoms with Crippen LogP contribution in [0.1, 0.15) is 18.7 Å². The van der Waals surface area contributed by atoms with Crippen LogP contribution in [0.15, 0.2) is 52.1 Å². The van der Waals surface area contributed by atoms with Gasteiger partial charge in [0.05, 0.1) is 17.6 Å². The standard InChI is InChI=1S/C17H15N3O6/c1-9-14(16(21)25-2)15(19-17(22)18-9)13-8-7-12(26-13)10-3-5-11(6-4-10)20(23)24/h3-8,15H,1-2H3,(H2,18,19,22)/t15-/m1/s1. The highest BCUT2D eigenvalue weighted by Crippen LogP contribution is 2.32. The zero-order valence-corrected chi connectivity index (χ0v) is 13.9. The number of hydrogen-bond donors (Lipinski definition) is 2. The van der Waals surface area contributed by atoms with E-state index in [9.17, 15) is 19.7 Å². The van der Waals surface area contributed by atoms with Crippen molar-refractivity contribution >= 4 is 17.7 Å². The molecule has 9 nitrogen and oxygen atoms in total. The molecule has 2 heterocycles. The molecule has 2 aromatic rings. The first-order valence-electron chi connectivity index (χ1n) is 7.62. The van der Waals surface area contributed by atoms with Gasteiger partial charge in [0.2, 0.25) is 0 Å². The molecular formula is C17H15N3O6. The SMILES string of the molecule is COC(=O)C1=C(C)NC(=O)N[C@@H]1c1ccc(-c2ccc([N+](=O)[O-])cc2)o1. The Labute approximate surface area is 147 Å². The van der Waals surface area contributed by atoms with Gasteiger partial charge in [0.15, 0.2) is 0 Å². The molecule has 0 unspecified atom stereocenters. The van der Waals surface area contributed by atoms with Gasteiger partial charge in [0.1, 0.15) is 17.6 Å². The van der Waals surface area contributed by atoms with Crippen molar-refractivity contribution < 1.29 is 23.7 Å². The maximum atomic E-state index is 12.1. The molecule has 2 N–H and O–H groups in total. The van der Waals surface area contributed by atoms with Gasteiger partial charge in [-0.1, -0.05) is 0 Å². The Balaban J connectivity index is 1.95. The summed E-state index contributed by atoms with van der Waals surface area (Å²) in [6.45, 7) is 1.60. The average molecular weight is 357 g/mol. The number of hydrogen-bond acceptors (Lipinski definition) is 6. The summed E-state index contributed by atoms with van der Waals surface area (Å²) in [5.41, 5.74) is 1.20. The minimum atomic E-state index is -0.803. The lowest BCUT2D eigenvalue weighted by Gasteiger charge is -2.26. The smallest absolute Gasteiger partial charge is 0.338 e. The van der Waals surface area contributed by atoms with E-state index in [0.29, 0.717) is 22.8 Å². The van der Waals surface area contributed by atoms with Gasteiger partial charge >= 0.3 is 12.0 Å². The molecule has 134 valence electrons. The van der Waals surface area contributed by atoms with Crippen molar-refractivity contribution in [1.82, 2.24) is 10.6 Å². The fraction of sp³-hybridized carbons (Fsp3) is 0.176. The van der Waals surface area contributed by atoms with Crippen LogP contribution >= 0.6 is 0 Å². The first-order chi connectivity index (χ1) is 12.4. The minimum absolute atomic E-state index is 0.0299. The highest BCUT2D eigenvalue weighted by atomic mass is 16.6. The molecule has 1 aromatic carbocycles. The number of non-ortho nitro benzene ring substituents is 1. The Morgan fingerprint density at radius 3 is 2.54 bits per heavy atom.